The van der Waals surface area contributed by atoms with Crippen LogP contribution in [-0.4, -0.2) is 40.8 Å². The molecule has 0 aliphatic carbocycles. The first-order valence-corrected chi connectivity index (χ1v) is 6.95. The minimum absolute atomic E-state index is 0. The molecule has 0 spiro atoms. The standard InChI is InChI=1S/C13H24N4O2.ClH/c1-4-17(8-10-6-5-7-18-10)9-11-15-12(16-19-11)13(2,3)14;/h10H,4-9,14H2,1-3H3;1H. The third kappa shape index (κ3) is 4.70. The molecule has 1 unspecified atom stereocenters. The smallest absolute Gasteiger partial charge is 0.240 e. The third-order valence-corrected chi connectivity index (χ3v) is 3.34. The zero-order chi connectivity index (χ0) is 13.9. The number of hydrogen-bond donors (Lipinski definition) is 1. The molecule has 1 aliphatic heterocycles. The predicted octanol–water partition coefficient (Wildman–Crippen LogP) is 1.69. The van der Waals surface area contributed by atoms with Gasteiger partial charge in [0.1, 0.15) is 0 Å². The highest BCUT2D eigenvalue weighted by atomic mass is 35.5. The van der Waals surface area contributed by atoms with Crippen molar-refractivity contribution in [2.24, 2.45) is 5.73 Å². The minimum atomic E-state index is -0.562. The number of nitrogens with two attached hydrogens (primary N) is 1. The highest BCUT2D eigenvalue weighted by Crippen LogP contribution is 2.16. The first kappa shape index (κ1) is 17.4. The van der Waals surface area contributed by atoms with Gasteiger partial charge in [-0.2, -0.15) is 4.98 Å². The van der Waals surface area contributed by atoms with E-state index in [2.05, 4.69) is 22.0 Å². The van der Waals surface area contributed by atoms with Crippen LogP contribution in [0, 0.1) is 0 Å². The molecule has 1 aromatic heterocycles. The molecule has 1 aromatic rings. The summed E-state index contributed by atoms with van der Waals surface area (Å²) in [5.41, 5.74) is 5.38. The SMILES string of the molecule is CCN(Cc1nc(C(C)(C)N)no1)CC1CCCO1.Cl. The molecular weight excluding hydrogens is 280 g/mol. The second-order valence-electron chi connectivity index (χ2n) is 5.70. The number of rotatable bonds is 6. The van der Waals surface area contributed by atoms with Crippen molar-refractivity contribution in [1.29, 1.82) is 0 Å². The van der Waals surface area contributed by atoms with Crippen LogP contribution in [0.15, 0.2) is 4.52 Å². The van der Waals surface area contributed by atoms with E-state index in [1.165, 1.54) is 0 Å². The summed E-state index contributed by atoms with van der Waals surface area (Å²) in [6, 6.07) is 0. The Bertz CT molecular complexity index is 399. The summed E-state index contributed by atoms with van der Waals surface area (Å²) in [7, 11) is 0. The molecule has 1 aliphatic rings. The van der Waals surface area contributed by atoms with Gasteiger partial charge in [-0.15, -0.1) is 12.4 Å². The molecule has 0 amide bonds. The van der Waals surface area contributed by atoms with Crippen LogP contribution in [0.2, 0.25) is 0 Å². The van der Waals surface area contributed by atoms with Gasteiger partial charge in [0.2, 0.25) is 5.89 Å². The molecule has 6 nitrogen and oxygen atoms in total. The van der Waals surface area contributed by atoms with Crippen LogP contribution >= 0.6 is 12.4 Å². The summed E-state index contributed by atoms with van der Waals surface area (Å²) >= 11 is 0. The highest BCUT2D eigenvalue weighted by molar-refractivity contribution is 5.85. The maximum atomic E-state index is 5.95. The average molecular weight is 305 g/mol. The van der Waals surface area contributed by atoms with Gasteiger partial charge in [-0.05, 0) is 33.2 Å². The summed E-state index contributed by atoms with van der Waals surface area (Å²) < 4.78 is 10.9. The van der Waals surface area contributed by atoms with Crippen LogP contribution < -0.4 is 5.73 Å². The molecule has 0 bridgehead atoms. The number of aromatic nitrogens is 2. The van der Waals surface area contributed by atoms with Gasteiger partial charge >= 0.3 is 0 Å². The van der Waals surface area contributed by atoms with Crippen LogP contribution in [0.5, 0.6) is 0 Å². The number of nitrogens with zero attached hydrogens (tertiary/aromatic N) is 3. The lowest BCUT2D eigenvalue weighted by atomic mass is 10.1. The topological polar surface area (TPSA) is 77.4 Å². The van der Waals surface area contributed by atoms with Crippen LogP contribution in [0.25, 0.3) is 0 Å². The Balaban J connectivity index is 0.00000200. The van der Waals surface area contributed by atoms with Crippen LogP contribution in [-0.2, 0) is 16.8 Å². The van der Waals surface area contributed by atoms with Crippen LogP contribution in [0.3, 0.4) is 0 Å². The summed E-state index contributed by atoms with van der Waals surface area (Å²) in [5.74, 6) is 1.17. The molecule has 1 saturated heterocycles. The lowest BCUT2D eigenvalue weighted by molar-refractivity contribution is 0.0689. The van der Waals surface area contributed by atoms with E-state index in [9.17, 15) is 0 Å². The Kier molecular flexibility index (Phi) is 6.39. The number of ether oxygens (including phenoxy) is 1. The number of likely N-dealkylation sites (N-methyl/N-ethyl adjacent to an activating group) is 1. The first-order valence-electron chi connectivity index (χ1n) is 6.95. The Morgan fingerprint density at radius 2 is 2.20 bits per heavy atom. The molecule has 7 heteroatoms. The van der Waals surface area contributed by atoms with Gasteiger partial charge in [0.25, 0.3) is 0 Å². The van der Waals surface area contributed by atoms with Gasteiger partial charge in [-0.1, -0.05) is 12.1 Å². The molecule has 0 aromatic carbocycles. The number of hydrogen-bond acceptors (Lipinski definition) is 6. The van der Waals surface area contributed by atoms with Crippen molar-refractivity contribution in [1.82, 2.24) is 15.0 Å². The average Bonchev–Trinajstić information content (AvgIpc) is 2.98. The monoisotopic (exact) mass is 304 g/mol. The van der Waals surface area contributed by atoms with Gasteiger partial charge in [0.15, 0.2) is 5.82 Å². The fourth-order valence-corrected chi connectivity index (χ4v) is 2.15. The Labute approximate surface area is 126 Å². The van der Waals surface area contributed by atoms with Gasteiger partial charge in [-0.3, -0.25) is 4.90 Å². The molecule has 116 valence electrons. The van der Waals surface area contributed by atoms with Crippen LogP contribution in [0.1, 0.15) is 45.3 Å². The van der Waals surface area contributed by atoms with Gasteiger partial charge in [0.05, 0.1) is 18.2 Å². The largest absolute Gasteiger partial charge is 0.377 e. The zero-order valence-corrected chi connectivity index (χ0v) is 13.3. The number of halogens is 1. The fraction of sp³-hybridized carbons (Fsp3) is 0.846. The van der Waals surface area contributed by atoms with E-state index in [0.29, 0.717) is 24.4 Å². The Hall–Kier alpha value is -0.690. The van der Waals surface area contributed by atoms with E-state index < -0.39 is 5.54 Å². The second-order valence-corrected chi connectivity index (χ2v) is 5.70. The zero-order valence-electron chi connectivity index (χ0n) is 12.5. The quantitative estimate of drug-likeness (QED) is 0.861. The van der Waals surface area contributed by atoms with Crippen molar-refractivity contribution in [2.75, 3.05) is 19.7 Å². The summed E-state index contributed by atoms with van der Waals surface area (Å²) in [4.78, 5) is 6.62. The molecular formula is C13H25ClN4O2. The summed E-state index contributed by atoms with van der Waals surface area (Å²) in [5, 5.41) is 3.94. The molecule has 2 N–H and O–H groups in total. The van der Waals surface area contributed by atoms with E-state index in [1.54, 1.807) is 0 Å². The lowest BCUT2D eigenvalue weighted by Crippen LogP contribution is -2.32. The molecule has 1 atom stereocenters. The molecule has 2 rings (SSSR count). The Morgan fingerprint density at radius 3 is 2.70 bits per heavy atom. The molecule has 0 radical (unpaired) electrons. The Morgan fingerprint density at radius 1 is 1.45 bits per heavy atom. The lowest BCUT2D eigenvalue weighted by Gasteiger charge is -2.21. The minimum Gasteiger partial charge on any atom is -0.377 e. The van der Waals surface area contributed by atoms with E-state index in [4.69, 9.17) is 15.0 Å². The van der Waals surface area contributed by atoms with E-state index in [-0.39, 0.29) is 12.4 Å². The van der Waals surface area contributed by atoms with Crippen molar-refractivity contribution in [3.05, 3.63) is 11.7 Å². The van der Waals surface area contributed by atoms with Gasteiger partial charge in [0, 0.05) is 13.2 Å². The predicted molar refractivity (Wildman–Crippen MR) is 78.7 cm³/mol. The first-order chi connectivity index (χ1) is 8.99. The van der Waals surface area contributed by atoms with Crippen LogP contribution in [0.4, 0.5) is 0 Å². The highest BCUT2D eigenvalue weighted by Gasteiger charge is 2.23. The van der Waals surface area contributed by atoms with Crippen molar-refractivity contribution in [3.8, 4) is 0 Å². The van der Waals surface area contributed by atoms with E-state index >= 15 is 0 Å². The van der Waals surface area contributed by atoms with Crippen molar-refractivity contribution in [3.63, 3.8) is 0 Å². The van der Waals surface area contributed by atoms with Crippen molar-refractivity contribution >= 4 is 12.4 Å². The normalized spacial score (nSPS) is 19.4. The maximum Gasteiger partial charge on any atom is 0.240 e. The summed E-state index contributed by atoms with van der Waals surface area (Å²) in [6.07, 6.45) is 2.64. The third-order valence-electron chi connectivity index (χ3n) is 3.34. The van der Waals surface area contributed by atoms with Crippen molar-refractivity contribution < 1.29 is 9.26 Å². The molecule has 2 heterocycles. The maximum absolute atomic E-state index is 5.95. The van der Waals surface area contributed by atoms with E-state index in [1.807, 2.05) is 13.8 Å². The van der Waals surface area contributed by atoms with E-state index in [0.717, 1.165) is 32.5 Å². The summed E-state index contributed by atoms with van der Waals surface area (Å²) in [6.45, 7) is 9.24. The van der Waals surface area contributed by atoms with Gasteiger partial charge in [-0.25, -0.2) is 0 Å². The second kappa shape index (κ2) is 7.36. The molecule has 1 fully saturated rings. The van der Waals surface area contributed by atoms with Gasteiger partial charge < -0.3 is 15.0 Å². The molecule has 0 saturated carbocycles. The molecule has 20 heavy (non-hydrogen) atoms. The fourth-order valence-electron chi connectivity index (χ4n) is 2.15. The van der Waals surface area contributed by atoms with Crippen molar-refractivity contribution in [2.45, 2.75) is 51.8 Å².